The Morgan fingerprint density at radius 3 is 2.31 bits per heavy atom. The molecular weight excluding hydrogens is 206 g/mol. The van der Waals surface area contributed by atoms with Gasteiger partial charge >= 0.3 is 0 Å². The smallest absolute Gasteiger partial charge is 0.253 e. The third-order valence-corrected chi connectivity index (χ3v) is 4.80. The summed E-state index contributed by atoms with van der Waals surface area (Å²) in [4.78, 5) is 21.9. The standard InChI is InChI=1S/C8H11NO2S2/c1-3-5-12-8(13-5)6(4(2)10)7(9)11/h5H,3H2,1-2H3,(H2,9,11). The first kappa shape index (κ1) is 10.7. The minimum absolute atomic E-state index is 0.166. The van der Waals surface area contributed by atoms with Gasteiger partial charge in [0.25, 0.3) is 5.91 Å². The highest BCUT2D eigenvalue weighted by molar-refractivity contribution is 8.38. The molecule has 0 spiro atoms. The van der Waals surface area contributed by atoms with Crippen LogP contribution in [0.2, 0.25) is 0 Å². The van der Waals surface area contributed by atoms with E-state index >= 15 is 0 Å². The van der Waals surface area contributed by atoms with Crippen molar-refractivity contribution < 1.29 is 9.59 Å². The van der Waals surface area contributed by atoms with Gasteiger partial charge in [-0.15, -0.1) is 23.5 Å². The highest BCUT2D eigenvalue weighted by atomic mass is 32.3. The molecule has 0 aromatic carbocycles. The van der Waals surface area contributed by atoms with Crippen LogP contribution in [-0.4, -0.2) is 16.3 Å². The number of carbonyl (C=O) groups excluding carboxylic acids is 2. The maximum atomic E-state index is 11.0. The highest BCUT2D eigenvalue weighted by Gasteiger charge is 2.30. The molecule has 0 radical (unpaired) electrons. The van der Waals surface area contributed by atoms with Crippen LogP contribution in [0.4, 0.5) is 0 Å². The van der Waals surface area contributed by atoms with Crippen molar-refractivity contribution in [1.82, 2.24) is 0 Å². The third kappa shape index (κ3) is 2.28. The molecule has 0 aliphatic carbocycles. The van der Waals surface area contributed by atoms with Gasteiger partial charge in [-0.05, 0) is 13.3 Å². The van der Waals surface area contributed by atoms with E-state index in [1.165, 1.54) is 6.92 Å². The third-order valence-electron chi connectivity index (χ3n) is 1.61. The maximum absolute atomic E-state index is 11.0. The van der Waals surface area contributed by atoms with Crippen LogP contribution >= 0.6 is 23.5 Å². The number of hydrogen-bond donors (Lipinski definition) is 1. The van der Waals surface area contributed by atoms with Gasteiger partial charge in [0, 0.05) is 0 Å². The second-order valence-electron chi connectivity index (χ2n) is 2.66. The van der Waals surface area contributed by atoms with Crippen molar-refractivity contribution in [3.8, 4) is 0 Å². The van der Waals surface area contributed by atoms with E-state index in [4.69, 9.17) is 5.73 Å². The van der Waals surface area contributed by atoms with Gasteiger partial charge in [-0.2, -0.15) is 0 Å². The highest BCUT2D eigenvalue weighted by Crippen LogP contribution is 2.53. The molecule has 0 unspecified atom stereocenters. The van der Waals surface area contributed by atoms with Gasteiger partial charge < -0.3 is 5.73 Å². The van der Waals surface area contributed by atoms with Crippen molar-refractivity contribution in [3.05, 3.63) is 9.81 Å². The van der Waals surface area contributed by atoms with E-state index in [1.54, 1.807) is 23.5 Å². The number of nitrogens with two attached hydrogens (primary N) is 1. The Hall–Kier alpha value is -0.420. The summed E-state index contributed by atoms with van der Waals surface area (Å²) in [6, 6.07) is 0. The van der Waals surface area contributed by atoms with Crippen molar-refractivity contribution in [3.63, 3.8) is 0 Å². The van der Waals surface area contributed by atoms with Crippen molar-refractivity contribution in [2.45, 2.75) is 24.9 Å². The molecule has 1 amide bonds. The predicted octanol–water partition coefficient (Wildman–Crippen LogP) is 1.49. The van der Waals surface area contributed by atoms with E-state index in [0.29, 0.717) is 4.58 Å². The molecule has 1 aliphatic heterocycles. The molecule has 0 bridgehead atoms. The summed E-state index contributed by atoms with van der Waals surface area (Å²) in [7, 11) is 0. The molecule has 0 aromatic heterocycles. The number of hydrogen-bond acceptors (Lipinski definition) is 4. The first-order valence-electron chi connectivity index (χ1n) is 3.94. The van der Waals surface area contributed by atoms with Crippen LogP contribution in [0.1, 0.15) is 20.3 Å². The van der Waals surface area contributed by atoms with E-state index < -0.39 is 5.91 Å². The Kier molecular flexibility index (Phi) is 3.44. The summed E-state index contributed by atoms with van der Waals surface area (Å²) in [5.74, 6) is -0.853. The van der Waals surface area contributed by atoms with Gasteiger partial charge in [0.15, 0.2) is 5.78 Å². The monoisotopic (exact) mass is 217 g/mol. The van der Waals surface area contributed by atoms with E-state index in [0.717, 1.165) is 10.7 Å². The molecule has 13 heavy (non-hydrogen) atoms. The van der Waals surface area contributed by atoms with Crippen molar-refractivity contribution >= 4 is 35.2 Å². The normalized spacial score (nSPS) is 20.8. The Labute approximate surface area is 85.5 Å². The number of primary amides is 1. The lowest BCUT2D eigenvalue weighted by Crippen LogP contribution is -2.22. The Morgan fingerprint density at radius 2 is 2.00 bits per heavy atom. The second kappa shape index (κ2) is 4.19. The van der Waals surface area contributed by atoms with E-state index in [-0.39, 0.29) is 11.4 Å². The summed E-state index contributed by atoms with van der Waals surface area (Å²) < 4.78 is 1.26. The van der Waals surface area contributed by atoms with Crippen LogP contribution in [0.5, 0.6) is 0 Å². The predicted molar refractivity (Wildman–Crippen MR) is 56.2 cm³/mol. The summed E-state index contributed by atoms with van der Waals surface area (Å²) in [6.45, 7) is 3.44. The summed E-state index contributed by atoms with van der Waals surface area (Å²) in [6.07, 6.45) is 1.03. The van der Waals surface area contributed by atoms with Crippen LogP contribution < -0.4 is 5.73 Å². The zero-order valence-electron chi connectivity index (χ0n) is 7.49. The van der Waals surface area contributed by atoms with Gasteiger partial charge in [0.05, 0.1) is 8.82 Å². The van der Waals surface area contributed by atoms with E-state index in [1.807, 2.05) is 0 Å². The molecule has 0 saturated carbocycles. The van der Waals surface area contributed by atoms with Crippen molar-refractivity contribution in [2.24, 2.45) is 5.73 Å². The van der Waals surface area contributed by atoms with Gasteiger partial charge in [0.2, 0.25) is 0 Å². The largest absolute Gasteiger partial charge is 0.365 e. The van der Waals surface area contributed by atoms with Crippen LogP contribution in [-0.2, 0) is 9.59 Å². The second-order valence-corrected chi connectivity index (χ2v) is 5.64. The van der Waals surface area contributed by atoms with Crippen LogP contribution in [0.25, 0.3) is 0 Å². The fourth-order valence-electron chi connectivity index (χ4n) is 0.950. The lowest BCUT2D eigenvalue weighted by Gasteiger charge is -2.27. The summed E-state index contributed by atoms with van der Waals surface area (Å²) in [5.41, 5.74) is 5.26. The first-order valence-corrected chi connectivity index (χ1v) is 5.70. The number of amides is 1. The molecule has 5 heteroatoms. The molecule has 1 rings (SSSR count). The van der Waals surface area contributed by atoms with Gasteiger partial charge in [-0.1, -0.05) is 6.92 Å². The van der Waals surface area contributed by atoms with Gasteiger partial charge in [0.1, 0.15) is 5.57 Å². The number of thioether (sulfide) groups is 2. The number of rotatable bonds is 3. The lowest BCUT2D eigenvalue weighted by atomic mass is 10.2. The number of Topliss-reactive ketones (excluding diaryl/α,β-unsaturated/α-hetero) is 1. The topological polar surface area (TPSA) is 60.2 Å². The van der Waals surface area contributed by atoms with Crippen LogP contribution in [0.15, 0.2) is 9.81 Å². The maximum Gasteiger partial charge on any atom is 0.253 e. The quantitative estimate of drug-likeness (QED) is 0.442. The average molecular weight is 217 g/mol. The molecular formula is C8H11NO2S2. The molecule has 0 atom stereocenters. The van der Waals surface area contributed by atoms with E-state index in [2.05, 4.69) is 6.92 Å². The Morgan fingerprint density at radius 1 is 1.46 bits per heavy atom. The molecule has 2 N–H and O–H groups in total. The molecule has 1 heterocycles. The minimum atomic E-state index is -0.614. The Balaban J connectivity index is 2.78. The number of carbonyl (C=O) groups is 2. The summed E-state index contributed by atoms with van der Waals surface area (Å²) >= 11 is 3.12. The average Bonchev–Trinajstić information content (AvgIpc) is 1.93. The van der Waals surface area contributed by atoms with Crippen LogP contribution in [0, 0.1) is 0 Å². The minimum Gasteiger partial charge on any atom is -0.365 e. The molecule has 72 valence electrons. The molecule has 1 saturated heterocycles. The van der Waals surface area contributed by atoms with Crippen molar-refractivity contribution in [1.29, 1.82) is 0 Å². The van der Waals surface area contributed by atoms with Gasteiger partial charge in [-0.3, -0.25) is 9.59 Å². The molecule has 3 nitrogen and oxygen atoms in total. The Bertz CT molecular complexity index is 262. The molecule has 1 aliphatic rings. The number of ketones is 1. The zero-order chi connectivity index (χ0) is 10.0. The zero-order valence-corrected chi connectivity index (χ0v) is 9.13. The summed E-state index contributed by atoms with van der Waals surface area (Å²) in [5, 5.41) is 0. The van der Waals surface area contributed by atoms with Crippen LogP contribution in [0.3, 0.4) is 0 Å². The molecule has 0 aromatic rings. The SMILES string of the molecule is CCC1SC(=C(C(C)=O)C(N)=O)S1. The van der Waals surface area contributed by atoms with Crippen molar-refractivity contribution in [2.75, 3.05) is 0 Å². The van der Waals surface area contributed by atoms with E-state index in [9.17, 15) is 9.59 Å². The fraction of sp³-hybridized carbons (Fsp3) is 0.500. The fourth-order valence-corrected chi connectivity index (χ4v) is 3.49. The lowest BCUT2D eigenvalue weighted by molar-refractivity contribution is -0.119. The first-order chi connectivity index (χ1) is 6.06. The molecule has 1 fully saturated rings. The van der Waals surface area contributed by atoms with Gasteiger partial charge in [-0.25, -0.2) is 0 Å².